The summed E-state index contributed by atoms with van der Waals surface area (Å²) >= 11 is 0. The van der Waals surface area contributed by atoms with Crippen LogP contribution in [0.4, 0.5) is 34.1 Å². The lowest BCUT2D eigenvalue weighted by Gasteiger charge is -2.26. The van der Waals surface area contributed by atoms with Gasteiger partial charge in [-0.25, -0.2) is 0 Å². The molecule has 9 rings (SSSR count). The van der Waals surface area contributed by atoms with Crippen LogP contribution in [0.3, 0.4) is 0 Å². The van der Waals surface area contributed by atoms with Gasteiger partial charge < -0.3 is 9.80 Å². The van der Waals surface area contributed by atoms with Crippen molar-refractivity contribution in [3.63, 3.8) is 0 Å². The van der Waals surface area contributed by atoms with Gasteiger partial charge >= 0.3 is 0 Å². The first-order valence-corrected chi connectivity index (χ1v) is 19.1. The molecule has 56 heavy (non-hydrogen) atoms. The van der Waals surface area contributed by atoms with E-state index in [1.807, 2.05) is 0 Å². The number of hydrogen-bond acceptors (Lipinski definition) is 2. The Morgan fingerprint density at radius 3 is 1.05 bits per heavy atom. The number of para-hydroxylation sites is 2. The van der Waals surface area contributed by atoms with Crippen molar-refractivity contribution in [3.8, 4) is 22.3 Å². The predicted molar refractivity (Wildman–Crippen MR) is 240 cm³/mol. The van der Waals surface area contributed by atoms with Gasteiger partial charge in [-0.2, -0.15) is 0 Å². The Labute approximate surface area is 329 Å². The summed E-state index contributed by atoms with van der Waals surface area (Å²) in [6.45, 7) is 0. The summed E-state index contributed by atoms with van der Waals surface area (Å²) < 4.78 is 0. The molecule has 0 spiro atoms. The highest BCUT2D eigenvalue weighted by Gasteiger charge is 2.14. The van der Waals surface area contributed by atoms with E-state index >= 15 is 0 Å². The van der Waals surface area contributed by atoms with Gasteiger partial charge in [-0.15, -0.1) is 0 Å². The summed E-state index contributed by atoms with van der Waals surface area (Å²) in [6.07, 6.45) is 4.37. The fourth-order valence-electron chi connectivity index (χ4n) is 7.31. The molecule has 0 N–H and O–H groups in total. The summed E-state index contributed by atoms with van der Waals surface area (Å²) in [7, 11) is 0. The molecule has 0 aliphatic carbocycles. The van der Waals surface area contributed by atoms with Gasteiger partial charge in [0.15, 0.2) is 0 Å². The van der Waals surface area contributed by atoms with Crippen LogP contribution in [-0.2, 0) is 0 Å². The molecule has 0 saturated heterocycles. The Kier molecular flexibility index (Phi) is 9.75. The minimum absolute atomic E-state index is 1.11. The summed E-state index contributed by atoms with van der Waals surface area (Å²) in [6, 6.07) is 82.1. The molecular weight excluding hydrogens is 677 g/mol. The van der Waals surface area contributed by atoms with E-state index in [2.05, 4.69) is 252 Å². The van der Waals surface area contributed by atoms with Gasteiger partial charge in [0.2, 0.25) is 0 Å². The van der Waals surface area contributed by atoms with Crippen LogP contribution in [0, 0.1) is 0 Å². The van der Waals surface area contributed by atoms with Crippen molar-refractivity contribution >= 4 is 57.0 Å². The smallest absolute Gasteiger partial charge is 0.0468 e. The van der Waals surface area contributed by atoms with Crippen LogP contribution in [0.25, 0.3) is 45.2 Å². The van der Waals surface area contributed by atoms with E-state index in [-0.39, 0.29) is 0 Å². The van der Waals surface area contributed by atoms with E-state index in [0.717, 1.165) is 45.3 Å². The number of benzene rings is 9. The lowest BCUT2D eigenvalue weighted by Crippen LogP contribution is -2.09. The summed E-state index contributed by atoms with van der Waals surface area (Å²) in [4.78, 5) is 4.62. The van der Waals surface area contributed by atoms with E-state index in [0.29, 0.717) is 0 Å². The zero-order chi connectivity index (χ0) is 37.5. The molecule has 2 heteroatoms. The van der Waals surface area contributed by atoms with Crippen molar-refractivity contribution in [2.45, 2.75) is 0 Å². The highest BCUT2D eigenvalue weighted by atomic mass is 15.1. The van der Waals surface area contributed by atoms with E-state index in [9.17, 15) is 0 Å². The highest BCUT2D eigenvalue weighted by Crippen LogP contribution is 2.38. The summed E-state index contributed by atoms with van der Waals surface area (Å²) in [5.41, 5.74) is 13.8. The quantitative estimate of drug-likeness (QED) is 0.130. The topological polar surface area (TPSA) is 6.48 Å². The fraction of sp³-hybridized carbons (Fsp3) is 0. The monoisotopic (exact) mass is 716 g/mol. The van der Waals surface area contributed by atoms with Crippen molar-refractivity contribution in [2.75, 3.05) is 9.80 Å². The van der Waals surface area contributed by atoms with E-state index in [4.69, 9.17) is 0 Å². The van der Waals surface area contributed by atoms with Crippen molar-refractivity contribution in [1.29, 1.82) is 0 Å². The van der Waals surface area contributed by atoms with Gasteiger partial charge in [-0.3, -0.25) is 0 Å². The van der Waals surface area contributed by atoms with Gasteiger partial charge in [-0.05, 0) is 117 Å². The van der Waals surface area contributed by atoms with Gasteiger partial charge in [0.1, 0.15) is 0 Å². The molecule has 0 radical (unpaired) electrons. The molecule has 266 valence electrons. The van der Waals surface area contributed by atoms with Crippen molar-refractivity contribution < 1.29 is 0 Å². The number of fused-ring (bicyclic) bond motifs is 1. The maximum atomic E-state index is 2.33. The third kappa shape index (κ3) is 7.50. The molecule has 0 amide bonds. The van der Waals surface area contributed by atoms with Crippen molar-refractivity contribution in [3.05, 3.63) is 242 Å². The van der Waals surface area contributed by atoms with E-state index in [1.54, 1.807) is 0 Å². The van der Waals surface area contributed by atoms with Crippen LogP contribution < -0.4 is 9.80 Å². The second-order valence-electron chi connectivity index (χ2n) is 13.9. The Hall–Kier alpha value is -7.42. The SMILES string of the molecule is C(=Cc1ccc(N(c2ccc(-c3ccccc3)cc2)c2ccc3ccccc3c2)cc1)c1ccc(-c2ccc(N(c3ccccc3)c3ccccc3)cc2)cc1. The molecule has 9 aromatic carbocycles. The van der Waals surface area contributed by atoms with Crippen LogP contribution in [0.5, 0.6) is 0 Å². The normalized spacial score (nSPS) is 11.1. The minimum Gasteiger partial charge on any atom is -0.311 e. The molecule has 0 aliphatic rings. The predicted octanol–water partition coefficient (Wildman–Crippen LogP) is 15.3. The molecule has 0 unspecified atom stereocenters. The Bertz CT molecular complexity index is 2650. The first-order valence-electron chi connectivity index (χ1n) is 19.1. The van der Waals surface area contributed by atoms with Crippen molar-refractivity contribution in [2.24, 2.45) is 0 Å². The van der Waals surface area contributed by atoms with Gasteiger partial charge in [0, 0.05) is 34.1 Å². The lowest BCUT2D eigenvalue weighted by atomic mass is 10.0. The molecule has 0 fully saturated rings. The van der Waals surface area contributed by atoms with Gasteiger partial charge in [0.05, 0.1) is 0 Å². The first kappa shape index (κ1) is 34.4. The second-order valence-corrected chi connectivity index (χ2v) is 13.9. The fourth-order valence-corrected chi connectivity index (χ4v) is 7.31. The molecule has 0 bridgehead atoms. The summed E-state index contributed by atoms with van der Waals surface area (Å²) in [5.74, 6) is 0. The van der Waals surface area contributed by atoms with Crippen LogP contribution in [-0.4, -0.2) is 0 Å². The molecule has 2 nitrogen and oxygen atoms in total. The second kappa shape index (κ2) is 15.9. The Morgan fingerprint density at radius 1 is 0.232 bits per heavy atom. The van der Waals surface area contributed by atoms with Crippen molar-refractivity contribution in [1.82, 2.24) is 0 Å². The van der Waals surface area contributed by atoms with Crippen LogP contribution in [0.15, 0.2) is 231 Å². The Morgan fingerprint density at radius 2 is 0.554 bits per heavy atom. The lowest BCUT2D eigenvalue weighted by molar-refractivity contribution is 1.28. The standard InChI is InChI=1S/C54H40N2/c1-4-12-43(13-5-1)46-28-37-53(38-29-46)56(54-39-32-44-14-10-11-15-48(44)40-54)51-33-24-42(25-34-51)21-20-41-22-26-45(27-23-41)47-30-35-52(36-31-47)55(49-16-6-2-7-17-49)50-18-8-3-9-19-50/h1-40H. The maximum absolute atomic E-state index is 2.33. The molecular formula is C54H40N2. The minimum atomic E-state index is 1.11. The molecule has 9 aromatic rings. The number of nitrogens with zero attached hydrogens (tertiary/aromatic N) is 2. The molecule has 0 atom stereocenters. The molecule has 0 aromatic heterocycles. The molecule has 0 saturated carbocycles. The van der Waals surface area contributed by atoms with Gasteiger partial charge in [0.25, 0.3) is 0 Å². The average molecular weight is 717 g/mol. The van der Waals surface area contributed by atoms with Crippen LogP contribution in [0.1, 0.15) is 11.1 Å². The number of hydrogen-bond donors (Lipinski definition) is 0. The average Bonchev–Trinajstić information content (AvgIpc) is 3.28. The molecule has 0 heterocycles. The zero-order valence-electron chi connectivity index (χ0n) is 31.0. The van der Waals surface area contributed by atoms with Crippen LogP contribution >= 0.6 is 0 Å². The third-order valence-electron chi connectivity index (χ3n) is 10.2. The first-order chi connectivity index (χ1) is 27.7. The van der Waals surface area contributed by atoms with E-state index < -0.39 is 0 Å². The Balaban J connectivity index is 0.934. The largest absolute Gasteiger partial charge is 0.311 e. The number of rotatable bonds is 10. The van der Waals surface area contributed by atoms with E-state index in [1.165, 1.54) is 33.0 Å². The number of anilines is 6. The third-order valence-corrected chi connectivity index (χ3v) is 10.2. The van der Waals surface area contributed by atoms with Crippen LogP contribution in [0.2, 0.25) is 0 Å². The highest BCUT2D eigenvalue weighted by molar-refractivity contribution is 5.90. The zero-order valence-corrected chi connectivity index (χ0v) is 31.0. The molecule has 0 aliphatic heterocycles. The summed E-state index contributed by atoms with van der Waals surface area (Å²) in [5, 5.41) is 2.45. The van der Waals surface area contributed by atoms with Gasteiger partial charge in [-0.1, -0.05) is 170 Å². The maximum Gasteiger partial charge on any atom is 0.0468 e.